The van der Waals surface area contributed by atoms with Gasteiger partial charge in [0.1, 0.15) is 12.1 Å². The van der Waals surface area contributed by atoms with Crippen molar-refractivity contribution in [3.8, 4) is 0 Å². The van der Waals surface area contributed by atoms with Gasteiger partial charge in [-0.25, -0.2) is 9.97 Å². The largest absolute Gasteiger partial charge is 0.368 e. The summed E-state index contributed by atoms with van der Waals surface area (Å²) in [6.45, 7) is 7.90. The highest BCUT2D eigenvalue weighted by Gasteiger charge is 2.17. The Kier molecular flexibility index (Phi) is 4.93. The molecule has 0 aromatic carbocycles. The van der Waals surface area contributed by atoms with Crippen molar-refractivity contribution < 1.29 is 0 Å². The molecule has 4 nitrogen and oxygen atoms in total. The number of nitrogens with zero attached hydrogens (tertiary/aromatic N) is 3. The van der Waals surface area contributed by atoms with E-state index in [0.29, 0.717) is 6.04 Å². The van der Waals surface area contributed by atoms with Gasteiger partial charge in [0, 0.05) is 24.3 Å². The summed E-state index contributed by atoms with van der Waals surface area (Å²) < 4.78 is 0. The third kappa shape index (κ3) is 3.67. The Hall–Kier alpha value is -1.16. The van der Waals surface area contributed by atoms with Gasteiger partial charge >= 0.3 is 0 Å². The highest BCUT2D eigenvalue weighted by molar-refractivity contribution is 5.34. The molecule has 1 aromatic heterocycles. The van der Waals surface area contributed by atoms with Gasteiger partial charge in [0.15, 0.2) is 0 Å². The first-order chi connectivity index (χ1) is 8.79. The number of rotatable bonds is 6. The average Bonchev–Trinajstić information content (AvgIpc) is 2.91. The molecule has 0 saturated carbocycles. The minimum atomic E-state index is 0.581. The minimum absolute atomic E-state index is 0.581. The minimum Gasteiger partial charge on any atom is -0.368 e. The number of nitrogens with one attached hydrogen (secondary N) is 1. The van der Waals surface area contributed by atoms with Crippen LogP contribution in [0.5, 0.6) is 0 Å². The molecule has 18 heavy (non-hydrogen) atoms. The first-order valence-electron chi connectivity index (χ1n) is 7.08. The first kappa shape index (κ1) is 13.3. The molecule has 1 atom stereocenters. The molecule has 1 unspecified atom stereocenters. The van der Waals surface area contributed by atoms with Crippen molar-refractivity contribution in [2.45, 2.75) is 45.6 Å². The van der Waals surface area contributed by atoms with E-state index in [9.17, 15) is 0 Å². The lowest BCUT2D eigenvalue weighted by Crippen LogP contribution is -2.35. The SMILES string of the molecule is CCCc1cc(NCC(C)N2CCCC2)ncn1. The van der Waals surface area contributed by atoms with Gasteiger partial charge in [-0.15, -0.1) is 0 Å². The van der Waals surface area contributed by atoms with E-state index in [2.05, 4.69) is 40.1 Å². The fourth-order valence-corrected chi connectivity index (χ4v) is 2.45. The molecular weight excluding hydrogens is 224 g/mol. The molecule has 0 amide bonds. The van der Waals surface area contributed by atoms with Gasteiger partial charge in [0.25, 0.3) is 0 Å². The van der Waals surface area contributed by atoms with Gasteiger partial charge in [-0.3, -0.25) is 4.90 Å². The molecule has 0 spiro atoms. The molecule has 0 radical (unpaired) electrons. The molecule has 1 N–H and O–H groups in total. The van der Waals surface area contributed by atoms with Gasteiger partial charge in [-0.05, 0) is 39.3 Å². The van der Waals surface area contributed by atoms with Crippen molar-refractivity contribution in [2.75, 3.05) is 25.0 Å². The van der Waals surface area contributed by atoms with Crippen molar-refractivity contribution in [3.63, 3.8) is 0 Å². The number of anilines is 1. The molecule has 1 fully saturated rings. The summed E-state index contributed by atoms with van der Waals surface area (Å²) in [5.41, 5.74) is 1.13. The maximum absolute atomic E-state index is 4.28. The molecule has 100 valence electrons. The topological polar surface area (TPSA) is 41.0 Å². The number of likely N-dealkylation sites (tertiary alicyclic amines) is 1. The third-order valence-corrected chi connectivity index (χ3v) is 3.57. The normalized spacial score (nSPS) is 17.9. The number of aryl methyl sites for hydroxylation is 1. The maximum atomic E-state index is 4.28. The summed E-state index contributed by atoms with van der Waals surface area (Å²) in [6, 6.07) is 2.65. The first-order valence-corrected chi connectivity index (χ1v) is 7.08. The van der Waals surface area contributed by atoms with Crippen LogP contribution in [0, 0.1) is 0 Å². The molecule has 4 heteroatoms. The van der Waals surface area contributed by atoms with E-state index >= 15 is 0 Å². The van der Waals surface area contributed by atoms with E-state index in [1.165, 1.54) is 25.9 Å². The van der Waals surface area contributed by atoms with E-state index in [1.54, 1.807) is 6.33 Å². The van der Waals surface area contributed by atoms with Crippen LogP contribution in [0.1, 0.15) is 38.8 Å². The smallest absolute Gasteiger partial charge is 0.129 e. The Morgan fingerprint density at radius 1 is 1.33 bits per heavy atom. The monoisotopic (exact) mass is 248 g/mol. The summed E-state index contributed by atoms with van der Waals surface area (Å²) in [7, 11) is 0. The van der Waals surface area contributed by atoms with Crippen molar-refractivity contribution in [1.29, 1.82) is 0 Å². The quantitative estimate of drug-likeness (QED) is 0.839. The number of hydrogen-bond donors (Lipinski definition) is 1. The summed E-state index contributed by atoms with van der Waals surface area (Å²) in [4.78, 5) is 11.1. The van der Waals surface area contributed by atoms with E-state index in [0.717, 1.165) is 30.9 Å². The lowest BCUT2D eigenvalue weighted by molar-refractivity contribution is 0.269. The highest BCUT2D eigenvalue weighted by Crippen LogP contribution is 2.12. The Labute approximate surface area is 110 Å². The Bertz CT molecular complexity index is 361. The predicted octanol–water partition coefficient (Wildman–Crippen LogP) is 2.33. The third-order valence-electron chi connectivity index (χ3n) is 3.57. The van der Waals surface area contributed by atoms with Gasteiger partial charge < -0.3 is 5.32 Å². The van der Waals surface area contributed by atoms with Gasteiger partial charge in [-0.2, -0.15) is 0 Å². The van der Waals surface area contributed by atoms with Crippen LogP contribution in [0.15, 0.2) is 12.4 Å². The molecule has 1 saturated heterocycles. The van der Waals surface area contributed by atoms with E-state index in [4.69, 9.17) is 0 Å². The van der Waals surface area contributed by atoms with E-state index in [-0.39, 0.29) is 0 Å². The van der Waals surface area contributed by atoms with Crippen LogP contribution in [0.2, 0.25) is 0 Å². The predicted molar refractivity (Wildman–Crippen MR) is 74.8 cm³/mol. The molecule has 2 heterocycles. The van der Waals surface area contributed by atoms with Crippen molar-refractivity contribution in [2.24, 2.45) is 0 Å². The van der Waals surface area contributed by atoms with Gasteiger partial charge in [0.05, 0.1) is 0 Å². The molecule has 1 aromatic rings. The Morgan fingerprint density at radius 2 is 2.11 bits per heavy atom. The van der Waals surface area contributed by atoms with Gasteiger partial charge in [0.2, 0.25) is 0 Å². The summed E-state index contributed by atoms with van der Waals surface area (Å²) >= 11 is 0. The molecule has 2 rings (SSSR count). The van der Waals surface area contributed by atoms with Crippen molar-refractivity contribution in [3.05, 3.63) is 18.1 Å². The second-order valence-electron chi connectivity index (χ2n) is 5.12. The lowest BCUT2D eigenvalue weighted by atomic mass is 10.2. The molecule has 1 aliphatic rings. The van der Waals surface area contributed by atoms with Crippen LogP contribution in [-0.2, 0) is 6.42 Å². The fraction of sp³-hybridized carbons (Fsp3) is 0.714. The summed E-state index contributed by atoms with van der Waals surface area (Å²) in [6.07, 6.45) is 6.50. The van der Waals surface area contributed by atoms with Crippen molar-refractivity contribution >= 4 is 5.82 Å². The lowest BCUT2D eigenvalue weighted by Gasteiger charge is -2.24. The molecule has 1 aliphatic heterocycles. The Balaban J connectivity index is 1.83. The van der Waals surface area contributed by atoms with Crippen LogP contribution in [0.25, 0.3) is 0 Å². The molecular formula is C14H24N4. The van der Waals surface area contributed by atoms with Crippen LogP contribution in [-0.4, -0.2) is 40.5 Å². The zero-order valence-corrected chi connectivity index (χ0v) is 11.5. The number of hydrogen-bond acceptors (Lipinski definition) is 4. The standard InChI is InChI=1S/C14H24N4/c1-3-6-13-9-14(17-11-16-13)15-10-12(2)18-7-4-5-8-18/h9,11-12H,3-8,10H2,1-2H3,(H,15,16,17). The average molecular weight is 248 g/mol. The second-order valence-corrected chi connectivity index (χ2v) is 5.12. The van der Waals surface area contributed by atoms with E-state index < -0.39 is 0 Å². The van der Waals surface area contributed by atoms with Crippen LogP contribution in [0.4, 0.5) is 5.82 Å². The summed E-state index contributed by atoms with van der Waals surface area (Å²) in [5, 5.41) is 3.43. The number of aromatic nitrogens is 2. The maximum Gasteiger partial charge on any atom is 0.129 e. The highest BCUT2D eigenvalue weighted by atomic mass is 15.2. The van der Waals surface area contributed by atoms with E-state index in [1.807, 2.05) is 0 Å². The second kappa shape index (κ2) is 6.69. The summed E-state index contributed by atoms with van der Waals surface area (Å²) in [5.74, 6) is 0.958. The van der Waals surface area contributed by atoms with Crippen molar-refractivity contribution in [1.82, 2.24) is 14.9 Å². The Morgan fingerprint density at radius 3 is 2.83 bits per heavy atom. The molecule has 0 bridgehead atoms. The van der Waals surface area contributed by atoms with Crippen LogP contribution in [0.3, 0.4) is 0 Å². The molecule has 0 aliphatic carbocycles. The zero-order valence-electron chi connectivity index (χ0n) is 11.5. The zero-order chi connectivity index (χ0) is 12.8. The van der Waals surface area contributed by atoms with Gasteiger partial charge in [-0.1, -0.05) is 13.3 Å². The fourth-order valence-electron chi connectivity index (χ4n) is 2.45. The van der Waals surface area contributed by atoms with Crippen LogP contribution < -0.4 is 5.32 Å². The van der Waals surface area contributed by atoms with Crippen LogP contribution >= 0.6 is 0 Å².